The van der Waals surface area contributed by atoms with Crippen molar-refractivity contribution in [3.8, 4) is 0 Å². The Labute approximate surface area is 528 Å². The predicted molar refractivity (Wildman–Crippen MR) is 288 cm³/mol. The number of rotatable bonds is 17. The number of carbonyl (C=O) groups excluding carboxylic acids is 1. The summed E-state index contributed by atoms with van der Waals surface area (Å²) in [7, 11) is -5.16. The van der Waals surface area contributed by atoms with Gasteiger partial charge in [0.1, 0.15) is 97.3 Å². The van der Waals surface area contributed by atoms with E-state index in [1.165, 1.54) is 34.6 Å². The second kappa shape index (κ2) is 27.2. The summed E-state index contributed by atoms with van der Waals surface area (Å²) in [4.78, 5) is 13.2. The van der Waals surface area contributed by atoms with Crippen molar-refractivity contribution in [1.82, 2.24) is 0 Å². The van der Waals surface area contributed by atoms with Crippen LogP contribution in [-0.2, 0) is 66.7 Å². The number of ketones is 1. The molecule has 0 aromatic carbocycles. The fourth-order valence-corrected chi connectivity index (χ4v) is 16.5. The quantitative estimate of drug-likeness (QED) is 0.0213. The third kappa shape index (κ3) is 14.2. The standard InChI is InChI=1S/C57H94O28S.Na/c1-21(2)17-27(58)20-56(10,69)34-12-11-30-29-19-33(32-18-28(85-86(72,73)74)13-15-54(32,8)31(29)14-16-55(30,34)9)80-51-44(68)48(57(70,71)26(7)79-51)84-53-47(83-50-42(66)39(63)36(60)23(4)76-50)43(67)45(25(6)78-53)81-52-46(40(64)37(61)24(5)77-52)82-49-41(65)38(62)35(59)22(3)75-49;/h14,21-26,28-30,32-53,59-71H,11-13,15-20H2,1-10H3,(H,72,73,74);/q;+1/p-1/t22?,23?,24?,25?,26?,28?,29?,30?,32?,33?,34-,35-,36+,37-,38?,39?,40?,41?,42?,43?,44?,45+,46?,47?,48?,49-,50-,51-,52-,53-,54+,55-,56-;/m0./s1. The summed E-state index contributed by atoms with van der Waals surface area (Å²) >= 11 is 0. The number of fused-ring (bicyclic) bond motifs is 5. The van der Waals surface area contributed by atoms with E-state index in [9.17, 15) is 84.1 Å². The second-order valence-corrected chi connectivity index (χ2v) is 28.3. The van der Waals surface area contributed by atoms with Crippen LogP contribution in [0.2, 0.25) is 0 Å². The molecule has 87 heavy (non-hydrogen) atoms. The van der Waals surface area contributed by atoms with Gasteiger partial charge >= 0.3 is 29.6 Å². The largest absolute Gasteiger partial charge is 1.00 e. The average Bonchev–Trinajstić information content (AvgIpc) is 2.56. The molecule has 20 unspecified atom stereocenters. The van der Waals surface area contributed by atoms with E-state index in [-0.39, 0.29) is 84.7 Å². The van der Waals surface area contributed by atoms with Crippen molar-refractivity contribution in [1.29, 1.82) is 0 Å². The fourth-order valence-electron chi connectivity index (χ4n) is 16.0. The van der Waals surface area contributed by atoms with Crippen LogP contribution in [0.1, 0.15) is 127 Å². The van der Waals surface area contributed by atoms with Gasteiger partial charge in [0.2, 0.25) is 16.2 Å². The predicted octanol–water partition coefficient (Wildman–Crippen LogP) is -5.28. The Hall–Kier alpha value is -0.640. The minimum Gasteiger partial charge on any atom is -0.726 e. The molecule has 9 aliphatic rings. The zero-order valence-electron chi connectivity index (χ0n) is 51.2. The van der Waals surface area contributed by atoms with Gasteiger partial charge in [-0.3, -0.25) is 8.98 Å². The van der Waals surface area contributed by atoms with Gasteiger partial charge < -0.3 is 118 Å². The Bertz CT molecular complexity index is 2500. The first-order valence-corrected chi connectivity index (χ1v) is 31.6. The number of aliphatic hydroxyl groups excluding tert-OH is 10. The van der Waals surface area contributed by atoms with Crippen LogP contribution in [0.3, 0.4) is 0 Å². The van der Waals surface area contributed by atoms with Gasteiger partial charge in [0.25, 0.3) is 0 Å². The van der Waals surface area contributed by atoms with Crippen LogP contribution in [0.25, 0.3) is 0 Å². The minimum atomic E-state index is -5.16. The topological polar surface area (TPSA) is 439 Å². The molecule has 30 heteroatoms. The Morgan fingerprint density at radius 2 is 1.15 bits per heavy atom. The van der Waals surface area contributed by atoms with E-state index < -0.39 is 198 Å². The van der Waals surface area contributed by atoms with E-state index in [0.717, 1.165) is 5.57 Å². The molecule has 0 bridgehead atoms. The first-order chi connectivity index (χ1) is 39.9. The molecule has 0 spiro atoms. The van der Waals surface area contributed by atoms with E-state index in [2.05, 4.69) is 13.0 Å². The molecule has 33 atom stereocenters. The fraction of sp³-hybridized carbons (Fsp3) is 0.947. The summed E-state index contributed by atoms with van der Waals surface area (Å²) in [6.45, 7) is 16.5. The minimum absolute atomic E-state index is 0. The van der Waals surface area contributed by atoms with E-state index in [1.54, 1.807) is 6.92 Å². The maximum atomic E-state index is 13.2. The second-order valence-electron chi connectivity index (χ2n) is 27.3. The number of aliphatic hydroxyl groups is 13. The molecule has 13 N–H and O–H groups in total. The van der Waals surface area contributed by atoms with E-state index in [0.29, 0.717) is 32.1 Å². The third-order valence-electron chi connectivity index (χ3n) is 20.7. The zero-order valence-corrected chi connectivity index (χ0v) is 54.0. The summed E-state index contributed by atoms with van der Waals surface area (Å²) in [5.41, 5.74) is -1.44. The Morgan fingerprint density at radius 1 is 0.644 bits per heavy atom. The molecule has 4 aliphatic carbocycles. The summed E-state index contributed by atoms with van der Waals surface area (Å²) in [6, 6.07) is 0. The van der Waals surface area contributed by atoms with E-state index in [1.807, 2.05) is 20.8 Å². The molecule has 5 aliphatic heterocycles. The summed E-state index contributed by atoms with van der Waals surface area (Å²) in [5.74, 6) is -4.18. The van der Waals surface area contributed by atoms with Crippen molar-refractivity contribution in [2.75, 3.05) is 0 Å². The molecular weight excluding hydrogens is 1190 g/mol. The van der Waals surface area contributed by atoms with Crippen LogP contribution in [0.5, 0.6) is 0 Å². The SMILES string of the molecule is CC(C)CC(=O)C[C@](C)(O)[C@H]1CCC2C3CC(O[C@@H]4OC(C)C(O)(O)C(O[C@@H]5OC(C)[C@@H](O[C@@H]6OC(C)[C@H](O)C(O)C6O[C@@H]6OC(C)[C@H](O)C(O)C6O)C(O)C5O[C@@H]5OC(C)[C@@H](O)C(O)C5O)C4O)C4CC(OS(=O)(=O)[O-])CC[C@]4(C)C3=CC[C@@]21C.[Na+]. The molecule has 0 aromatic rings. The third-order valence-corrected chi connectivity index (χ3v) is 21.2. The van der Waals surface area contributed by atoms with Crippen molar-refractivity contribution in [2.45, 2.75) is 298 Å². The molecule has 28 nitrogen and oxygen atoms in total. The van der Waals surface area contributed by atoms with Crippen molar-refractivity contribution >= 4 is 16.2 Å². The summed E-state index contributed by atoms with van der Waals surface area (Å²) < 4.78 is 103. The summed E-state index contributed by atoms with van der Waals surface area (Å²) in [5, 5.41) is 148. The molecule has 8 fully saturated rings. The van der Waals surface area contributed by atoms with Gasteiger partial charge in [0.05, 0.1) is 42.2 Å². The number of Topliss-reactive ketones (excluding diaryl/α,β-unsaturated/α-hetero) is 1. The molecule has 3 saturated carbocycles. The van der Waals surface area contributed by atoms with Crippen LogP contribution < -0.4 is 29.6 Å². The molecule has 496 valence electrons. The van der Waals surface area contributed by atoms with Crippen LogP contribution in [0, 0.1) is 40.4 Å². The van der Waals surface area contributed by atoms with Crippen LogP contribution in [-0.4, -0.2) is 256 Å². The first kappa shape index (κ1) is 72.2. The van der Waals surface area contributed by atoms with Gasteiger partial charge in [0, 0.05) is 12.8 Å². The van der Waals surface area contributed by atoms with Gasteiger partial charge in [-0.05, 0) is 127 Å². The van der Waals surface area contributed by atoms with Gasteiger partial charge in [-0.2, -0.15) is 0 Å². The molecule has 0 amide bonds. The number of carbonyl (C=O) groups is 1. The molecular formula is C57H93NaO28S. The Balaban J connectivity index is 0.00000982. The van der Waals surface area contributed by atoms with E-state index in [4.69, 9.17) is 51.6 Å². The van der Waals surface area contributed by atoms with Gasteiger partial charge in [-0.25, -0.2) is 8.42 Å². The maximum absolute atomic E-state index is 13.2. The van der Waals surface area contributed by atoms with Gasteiger partial charge in [-0.1, -0.05) is 39.3 Å². The Kier molecular flexibility index (Phi) is 22.6. The monoisotopic (exact) mass is 1280 g/mol. The van der Waals surface area contributed by atoms with E-state index >= 15 is 0 Å². The number of hydrogen-bond donors (Lipinski definition) is 13. The maximum Gasteiger partial charge on any atom is 1.00 e. The normalized spacial score (nSPS) is 50.8. The van der Waals surface area contributed by atoms with Crippen LogP contribution in [0.4, 0.5) is 0 Å². The summed E-state index contributed by atoms with van der Waals surface area (Å²) in [6.07, 6.45) is -38.6. The van der Waals surface area contributed by atoms with Crippen molar-refractivity contribution in [3.05, 3.63) is 11.6 Å². The zero-order chi connectivity index (χ0) is 63.4. The number of ether oxygens (including phenoxy) is 10. The number of allylic oxidation sites excluding steroid dienone is 2. The average molecular weight is 1280 g/mol. The van der Waals surface area contributed by atoms with Crippen molar-refractivity contribution < 1.29 is 165 Å². The molecule has 9 rings (SSSR count). The first-order valence-electron chi connectivity index (χ1n) is 30.3. The van der Waals surface area contributed by atoms with Gasteiger partial charge in [-0.15, -0.1) is 0 Å². The van der Waals surface area contributed by atoms with Crippen molar-refractivity contribution in [3.63, 3.8) is 0 Å². The van der Waals surface area contributed by atoms with Gasteiger partial charge in [0.15, 0.2) is 31.5 Å². The van der Waals surface area contributed by atoms with Crippen molar-refractivity contribution in [2.24, 2.45) is 40.4 Å². The van der Waals surface area contributed by atoms with Crippen LogP contribution in [0.15, 0.2) is 11.6 Å². The number of hydrogen-bond acceptors (Lipinski definition) is 28. The molecule has 0 aromatic heterocycles. The smallest absolute Gasteiger partial charge is 0.726 e. The molecule has 0 radical (unpaired) electrons. The Morgan fingerprint density at radius 3 is 1.71 bits per heavy atom. The molecule has 5 saturated heterocycles. The molecule has 5 heterocycles. The van der Waals surface area contributed by atoms with Crippen LogP contribution >= 0.6 is 0 Å².